The first kappa shape index (κ1) is 31.7. The smallest absolute Gasteiger partial charge is 0.135 e. The lowest BCUT2D eigenvalue weighted by molar-refractivity contribution is 0.669. The molecule has 1 aliphatic rings. The van der Waals surface area contributed by atoms with E-state index in [1.54, 1.807) is 0 Å². The Kier molecular flexibility index (Phi) is 6.43. The molecule has 13 rings (SSSR count). The molecule has 1 nitrogen and oxygen atoms in total. The molecule has 12 aromatic rings. The quantitative estimate of drug-likeness (QED) is 0.164. The van der Waals surface area contributed by atoms with Gasteiger partial charge >= 0.3 is 0 Å². The fourth-order valence-corrected chi connectivity index (χ4v) is 10.6. The van der Waals surface area contributed by atoms with Crippen LogP contribution in [-0.2, 0) is 5.41 Å². The Balaban J connectivity index is 1.17. The minimum atomic E-state index is -0.625. The normalized spacial score (nSPS) is 13.3. The van der Waals surface area contributed by atoms with Gasteiger partial charge in [0.05, 0.1) is 5.41 Å². The number of fused-ring (bicyclic) bond motifs is 8. The Morgan fingerprint density at radius 1 is 0.328 bits per heavy atom. The molecule has 0 atom stereocenters. The van der Waals surface area contributed by atoms with E-state index in [9.17, 15) is 0 Å². The van der Waals surface area contributed by atoms with Crippen LogP contribution in [0.4, 0.5) is 0 Å². The van der Waals surface area contributed by atoms with Gasteiger partial charge < -0.3 is 4.42 Å². The zero-order valence-electron chi connectivity index (χ0n) is 31.5. The molecule has 268 valence electrons. The first-order valence-corrected chi connectivity index (χ1v) is 20.2. The average molecular weight is 735 g/mol. The van der Waals surface area contributed by atoms with Gasteiger partial charge in [0.15, 0.2) is 0 Å². The summed E-state index contributed by atoms with van der Waals surface area (Å²) in [5, 5.41) is 12.6. The van der Waals surface area contributed by atoms with Crippen LogP contribution in [0.5, 0.6) is 0 Å². The van der Waals surface area contributed by atoms with Crippen molar-refractivity contribution in [3.63, 3.8) is 0 Å². The number of para-hydroxylation sites is 1. The Morgan fingerprint density at radius 3 is 1.71 bits per heavy atom. The maximum atomic E-state index is 6.36. The monoisotopic (exact) mass is 734 g/mol. The summed E-state index contributed by atoms with van der Waals surface area (Å²) in [4.78, 5) is 0. The minimum Gasteiger partial charge on any atom is -0.456 e. The molecule has 0 unspecified atom stereocenters. The van der Waals surface area contributed by atoms with E-state index in [0.717, 1.165) is 21.9 Å². The van der Waals surface area contributed by atoms with Crippen molar-refractivity contribution in [2.75, 3.05) is 0 Å². The number of hydrogen-bond acceptors (Lipinski definition) is 1. The summed E-state index contributed by atoms with van der Waals surface area (Å²) >= 11 is 0. The van der Waals surface area contributed by atoms with Gasteiger partial charge in [-0.25, -0.2) is 0 Å². The molecule has 0 N–H and O–H groups in total. The third-order valence-corrected chi connectivity index (χ3v) is 13.1. The molecule has 1 aromatic heterocycles. The van der Waals surface area contributed by atoms with Crippen LogP contribution in [0.2, 0.25) is 0 Å². The molecule has 0 saturated heterocycles. The second kappa shape index (κ2) is 11.8. The van der Waals surface area contributed by atoms with Crippen LogP contribution in [-0.4, -0.2) is 0 Å². The third kappa shape index (κ3) is 4.20. The lowest BCUT2D eigenvalue weighted by atomic mass is 9.65. The zero-order chi connectivity index (χ0) is 38.0. The van der Waals surface area contributed by atoms with Crippen molar-refractivity contribution in [2.24, 2.45) is 0 Å². The Bertz CT molecular complexity index is 3550. The van der Waals surface area contributed by atoms with E-state index in [0.29, 0.717) is 0 Å². The lowest BCUT2D eigenvalue weighted by Crippen LogP contribution is -2.29. The number of hydrogen-bond donors (Lipinski definition) is 0. The van der Waals surface area contributed by atoms with Gasteiger partial charge in [-0.2, -0.15) is 0 Å². The first-order chi connectivity index (χ1) is 28.8. The van der Waals surface area contributed by atoms with Crippen LogP contribution >= 0.6 is 0 Å². The molecule has 0 aliphatic heterocycles. The van der Waals surface area contributed by atoms with Crippen LogP contribution in [0.3, 0.4) is 0 Å². The summed E-state index contributed by atoms with van der Waals surface area (Å²) in [7, 11) is 0. The van der Waals surface area contributed by atoms with Gasteiger partial charge in [0, 0.05) is 10.8 Å². The summed E-state index contributed by atoms with van der Waals surface area (Å²) in [6.45, 7) is 0. The van der Waals surface area contributed by atoms with Crippen molar-refractivity contribution >= 4 is 65.0 Å². The molecule has 0 saturated carbocycles. The van der Waals surface area contributed by atoms with E-state index >= 15 is 0 Å². The van der Waals surface area contributed by atoms with E-state index in [4.69, 9.17) is 4.42 Å². The fraction of sp³-hybridized carbons (Fsp3) is 0.0175. The molecule has 0 amide bonds. The summed E-state index contributed by atoms with van der Waals surface area (Å²) < 4.78 is 6.36. The molecule has 11 aromatic carbocycles. The molecular weight excluding hydrogens is 701 g/mol. The Morgan fingerprint density at radius 2 is 0.914 bits per heavy atom. The van der Waals surface area contributed by atoms with E-state index in [1.807, 2.05) is 6.07 Å². The van der Waals surface area contributed by atoms with E-state index in [1.165, 1.54) is 98.7 Å². The minimum absolute atomic E-state index is 0.625. The molecule has 0 fully saturated rings. The summed E-state index contributed by atoms with van der Waals surface area (Å²) in [5.41, 5.74) is 13.8. The van der Waals surface area contributed by atoms with Crippen molar-refractivity contribution in [2.45, 2.75) is 5.41 Å². The Hall–Kier alpha value is -7.48. The van der Waals surface area contributed by atoms with Gasteiger partial charge in [-0.15, -0.1) is 0 Å². The van der Waals surface area contributed by atoms with Crippen LogP contribution in [0, 0.1) is 0 Å². The van der Waals surface area contributed by atoms with Crippen molar-refractivity contribution < 1.29 is 4.42 Å². The topological polar surface area (TPSA) is 13.1 Å². The average Bonchev–Trinajstić information content (AvgIpc) is 3.82. The summed E-state index contributed by atoms with van der Waals surface area (Å²) in [6, 6.07) is 76.7. The standard InChI is InChI=1S/C57H34O/c1-3-15-41(16-4-1)57(42-17-5-2-6-18-42)50-34-40(43-28-24-37-23-22-35-13-11-14-36-25-29-46(43)54(37)53(35)36)26-30-47(50)55-44-19-8-7-12-38(44)32-48(56(55)57)39-27-31-52-49(33-39)45-20-9-10-21-51(45)58-52/h1-34H. The van der Waals surface area contributed by atoms with Gasteiger partial charge in [-0.1, -0.05) is 176 Å². The number of benzene rings is 11. The molecule has 1 aliphatic carbocycles. The highest BCUT2D eigenvalue weighted by Crippen LogP contribution is 2.61. The lowest BCUT2D eigenvalue weighted by Gasteiger charge is -2.35. The van der Waals surface area contributed by atoms with Crippen molar-refractivity contribution in [1.82, 2.24) is 0 Å². The number of rotatable bonds is 4. The zero-order valence-corrected chi connectivity index (χ0v) is 31.5. The number of furan rings is 1. The molecule has 0 spiro atoms. The van der Waals surface area contributed by atoms with Crippen LogP contribution in [0.25, 0.3) is 98.4 Å². The molecular formula is C57H34O. The van der Waals surface area contributed by atoms with E-state index < -0.39 is 5.41 Å². The first-order valence-electron chi connectivity index (χ1n) is 20.2. The highest BCUT2D eigenvalue weighted by molar-refractivity contribution is 6.25. The van der Waals surface area contributed by atoms with Gasteiger partial charge in [-0.3, -0.25) is 0 Å². The SMILES string of the molecule is c1ccc(C2(c3ccccc3)c3cc(-c4ccc5ccc6cccc7ccc4c5c67)ccc3-c3c2c(-c2ccc4oc5ccccc5c4c2)cc2ccccc32)cc1. The van der Waals surface area contributed by atoms with Crippen molar-refractivity contribution in [3.05, 3.63) is 229 Å². The Labute approximate surface area is 335 Å². The van der Waals surface area contributed by atoms with Crippen molar-refractivity contribution in [1.29, 1.82) is 0 Å². The van der Waals surface area contributed by atoms with Gasteiger partial charge in [0.2, 0.25) is 0 Å². The predicted octanol–water partition coefficient (Wildman–Crippen LogP) is 15.3. The second-order valence-corrected chi connectivity index (χ2v) is 15.9. The molecule has 58 heavy (non-hydrogen) atoms. The highest BCUT2D eigenvalue weighted by Gasteiger charge is 2.48. The van der Waals surface area contributed by atoms with Gasteiger partial charge in [0.25, 0.3) is 0 Å². The van der Waals surface area contributed by atoms with Crippen LogP contribution in [0.15, 0.2) is 211 Å². The van der Waals surface area contributed by atoms with Gasteiger partial charge in [-0.05, 0) is 129 Å². The largest absolute Gasteiger partial charge is 0.456 e. The van der Waals surface area contributed by atoms with Crippen LogP contribution < -0.4 is 0 Å². The van der Waals surface area contributed by atoms with E-state index in [-0.39, 0.29) is 0 Å². The molecule has 1 heterocycles. The third-order valence-electron chi connectivity index (χ3n) is 13.1. The maximum absolute atomic E-state index is 6.36. The van der Waals surface area contributed by atoms with Crippen molar-refractivity contribution in [3.8, 4) is 33.4 Å². The second-order valence-electron chi connectivity index (χ2n) is 15.9. The summed E-state index contributed by atoms with van der Waals surface area (Å²) in [6.07, 6.45) is 0. The molecule has 1 heteroatoms. The van der Waals surface area contributed by atoms with Gasteiger partial charge in [0.1, 0.15) is 11.2 Å². The van der Waals surface area contributed by atoms with E-state index in [2.05, 4.69) is 200 Å². The maximum Gasteiger partial charge on any atom is 0.135 e. The highest BCUT2D eigenvalue weighted by atomic mass is 16.3. The molecule has 0 radical (unpaired) electrons. The fourth-order valence-electron chi connectivity index (χ4n) is 10.6. The summed E-state index contributed by atoms with van der Waals surface area (Å²) in [5.74, 6) is 0. The molecule has 0 bridgehead atoms. The predicted molar refractivity (Wildman–Crippen MR) is 243 cm³/mol. The van der Waals surface area contributed by atoms with Crippen LogP contribution in [0.1, 0.15) is 22.3 Å².